The third kappa shape index (κ3) is 9.87. The summed E-state index contributed by atoms with van der Waals surface area (Å²) in [7, 11) is 1.59. The molecule has 1 aromatic rings. The van der Waals surface area contributed by atoms with Crippen molar-refractivity contribution >= 4 is 34.6 Å². The summed E-state index contributed by atoms with van der Waals surface area (Å²) >= 11 is 1.11. The Hall–Kier alpha value is -2.63. The molecule has 35 heavy (non-hydrogen) atoms. The molecule has 4 N–H and O–H groups in total. The number of nitrogens with two attached hydrogens (primary N) is 1. The number of nitrogens with one attached hydrogen (secondary N) is 2. The summed E-state index contributed by atoms with van der Waals surface area (Å²) in [5.41, 5.74) is 5.27. The maximum atomic E-state index is 12.8. The topological polar surface area (TPSA) is 146 Å². The first-order valence-corrected chi connectivity index (χ1v) is 12.5. The van der Waals surface area contributed by atoms with Crippen LogP contribution >= 0.6 is 11.8 Å². The number of hydrogen-bond acceptors (Lipinski definition) is 8. The number of ether oxygens (including phenoxy) is 3. The lowest BCUT2D eigenvalue weighted by atomic mass is 9.85. The molecule has 0 radical (unpaired) electrons. The van der Waals surface area contributed by atoms with E-state index in [9.17, 15) is 19.2 Å². The Labute approximate surface area is 210 Å². The second-order valence-corrected chi connectivity index (χ2v) is 10.0. The van der Waals surface area contributed by atoms with E-state index in [1.54, 1.807) is 19.2 Å². The van der Waals surface area contributed by atoms with Gasteiger partial charge in [0.05, 0.1) is 13.7 Å². The summed E-state index contributed by atoms with van der Waals surface area (Å²) in [6, 6.07) is 7.25. The van der Waals surface area contributed by atoms with E-state index in [4.69, 9.17) is 19.9 Å². The van der Waals surface area contributed by atoms with Crippen molar-refractivity contribution in [3.8, 4) is 5.75 Å². The molecule has 1 aromatic carbocycles. The smallest absolute Gasteiger partial charge is 0.249 e. The normalized spacial score (nSPS) is 18.9. The molecule has 0 aliphatic carbocycles. The van der Waals surface area contributed by atoms with E-state index in [0.717, 1.165) is 17.3 Å². The minimum atomic E-state index is -0.747. The maximum Gasteiger partial charge on any atom is 0.249 e. The summed E-state index contributed by atoms with van der Waals surface area (Å²) in [4.78, 5) is 47.2. The van der Waals surface area contributed by atoms with Gasteiger partial charge in [-0.05, 0) is 18.6 Å². The summed E-state index contributed by atoms with van der Waals surface area (Å²) in [5, 5.41) is 5.45. The van der Waals surface area contributed by atoms with Crippen LogP contribution in [0.5, 0.6) is 5.75 Å². The van der Waals surface area contributed by atoms with Gasteiger partial charge in [-0.25, -0.2) is 0 Å². The second-order valence-electron chi connectivity index (χ2n) is 8.85. The summed E-state index contributed by atoms with van der Waals surface area (Å²) in [6.07, 6.45) is -0.423. The molecule has 1 fully saturated rings. The number of methoxy groups -OCH3 is 1. The van der Waals surface area contributed by atoms with Gasteiger partial charge in [-0.15, -0.1) is 0 Å². The second kappa shape index (κ2) is 14.1. The number of thioether (sulfide) groups is 1. The number of rotatable bonds is 13. The highest BCUT2D eigenvalue weighted by Crippen LogP contribution is 2.36. The predicted molar refractivity (Wildman–Crippen MR) is 131 cm³/mol. The van der Waals surface area contributed by atoms with Gasteiger partial charge in [-0.2, -0.15) is 0 Å². The van der Waals surface area contributed by atoms with E-state index in [-0.39, 0.29) is 42.7 Å². The Morgan fingerprint density at radius 2 is 1.80 bits per heavy atom. The Balaban J connectivity index is 1.70. The molecule has 0 spiro atoms. The first-order valence-electron chi connectivity index (χ1n) is 11.5. The molecule has 194 valence electrons. The molecule has 3 amide bonds. The van der Waals surface area contributed by atoms with E-state index >= 15 is 0 Å². The van der Waals surface area contributed by atoms with Gasteiger partial charge in [0, 0.05) is 49.1 Å². The SMILES string of the molecule is COc1ccc(C2OCC(C)(C)[C@H](C(=O)NCCC(=O)NCCSC(=O)CCCC(N)=O)O2)cc1. The minimum Gasteiger partial charge on any atom is -0.497 e. The van der Waals surface area contributed by atoms with E-state index in [2.05, 4.69) is 10.6 Å². The third-order valence-electron chi connectivity index (χ3n) is 5.34. The van der Waals surface area contributed by atoms with Crippen molar-refractivity contribution in [3.05, 3.63) is 29.8 Å². The van der Waals surface area contributed by atoms with Crippen LogP contribution in [-0.2, 0) is 28.7 Å². The molecule has 0 bridgehead atoms. The lowest BCUT2D eigenvalue weighted by molar-refractivity contribution is -0.258. The average molecular weight is 510 g/mol. The van der Waals surface area contributed by atoms with Crippen molar-refractivity contribution in [2.45, 2.75) is 51.9 Å². The molecule has 2 rings (SSSR count). The zero-order valence-corrected chi connectivity index (χ0v) is 21.3. The summed E-state index contributed by atoms with van der Waals surface area (Å²) in [5.74, 6) is 0.191. The van der Waals surface area contributed by atoms with E-state index < -0.39 is 23.7 Å². The molecular weight excluding hydrogens is 474 g/mol. The van der Waals surface area contributed by atoms with E-state index in [1.807, 2.05) is 26.0 Å². The van der Waals surface area contributed by atoms with Crippen LogP contribution in [0.2, 0.25) is 0 Å². The Morgan fingerprint density at radius 1 is 1.09 bits per heavy atom. The fourth-order valence-electron chi connectivity index (χ4n) is 3.38. The van der Waals surface area contributed by atoms with Gasteiger partial charge in [-0.3, -0.25) is 19.2 Å². The average Bonchev–Trinajstić information content (AvgIpc) is 2.81. The first kappa shape index (κ1) is 28.6. The molecule has 1 heterocycles. The molecule has 0 aromatic heterocycles. The van der Waals surface area contributed by atoms with Gasteiger partial charge in [-0.1, -0.05) is 37.7 Å². The monoisotopic (exact) mass is 509 g/mol. The highest BCUT2D eigenvalue weighted by Gasteiger charge is 2.43. The first-order chi connectivity index (χ1) is 16.6. The molecule has 1 aliphatic rings. The van der Waals surface area contributed by atoms with Crippen LogP contribution < -0.4 is 21.1 Å². The van der Waals surface area contributed by atoms with Crippen molar-refractivity contribution in [2.75, 3.05) is 32.6 Å². The van der Waals surface area contributed by atoms with E-state index in [0.29, 0.717) is 31.1 Å². The molecule has 1 aliphatic heterocycles. The Kier molecular flexibility index (Phi) is 11.5. The standard InChI is InChI=1S/C24H35N3O7S/c1-24(2)15-33-23(16-7-9-17(32-3)10-8-16)34-21(24)22(31)27-12-11-19(29)26-13-14-35-20(30)6-4-5-18(25)28/h7-10,21,23H,4-6,11-15H2,1-3H3,(H2,25,28)(H,26,29)(H,27,31)/t21-,23?/m0/s1. The Bertz CT molecular complexity index is 876. The number of carbonyl (C=O) groups is 4. The highest BCUT2D eigenvalue weighted by atomic mass is 32.2. The third-order valence-corrected chi connectivity index (χ3v) is 6.28. The van der Waals surface area contributed by atoms with Gasteiger partial charge in [0.25, 0.3) is 0 Å². The van der Waals surface area contributed by atoms with Crippen molar-refractivity contribution < 1.29 is 33.4 Å². The van der Waals surface area contributed by atoms with Crippen molar-refractivity contribution in [1.82, 2.24) is 10.6 Å². The van der Waals surface area contributed by atoms with Crippen LogP contribution in [0.25, 0.3) is 0 Å². The zero-order chi connectivity index (χ0) is 25.8. The van der Waals surface area contributed by atoms with Gasteiger partial charge < -0.3 is 30.6 Å². The molecule has 0 saturated carbocycles. The fourth-order valence-corrected chi connectivity index (χ4v) is 4.10. The summed E-state index contributed by atoms with van der Waals surface area (Å²) < 4.78 is 17.0. The lowest BCUT2D eigenvalue weighted by Gasteiger charge is -2.41. The molecule has 10 nitrogen and oxygen atoms in total. The maximum absolute atomic E-state index is 12.8. The fraction of sp³-hybridized carbons (Fsp3) is 0.583. The van der Waals surface area contributed by atoms with Gasteiger partial charge >= 0.3 is 0 Å². The van der Waals surface area contributed by atoms with Crippen LogP contribution in [0.1, 0.15) is 51.4 Å². The van der Waals surface area contributed by atoms with Crippen molar-refractivity contribution in [2.24, 2.45) is 11.1 Å². The van der Waals surface area contributed by atoms with Gasteiger partial charge in [0.1, 0.15) is 11.9 Å². The molecule has 1 unspecified atom stereocenters. The number of amides is 3. The Morgan fingerprint density at radius 3 is 2.46 bits per heavy atom. The predicted octanol–water partition coefficient (Wildman–Crippen LogP) is 1.67. The summed E-state index contributed by atoms with van der Waals surface area (Å²) in [6.45, 7) is 4.61. The largest absolute Gasteiger partial charge is 0.497 e. The number of primary amides is 1. The van der Waals surface area contributed by atoms with Crippen LogP contribution in [0.3, 0.4) is 0 Å². The number of carbonyl (C=O) groups excluding carboxylic acids is 4. The zero-order valence-electron chi connectivity index (χ0n) is 20.5. The lowest BCUT2D eigenvalue weighted by Crippen LogP contribution is -2.52. The van der Waals surface area contributed by atoms with Crippen molar-refractivity contribution in [3.63, 3.8) is 0 Å². The van der Waals surface area contributed by atoms with Crippen LogP contribution in [0.15, 0.2) is 24.3 Å². The molecule has 1 saturated heterocycles. The van der Waals surface area contributed by atoms with Crippen LogP contribution in [-0.4, -0.2) is 61.5 Å². The highest BCUT2D eigenvalue weighted by molar-refractivity contribution is 8.13. The van der Waals surface area contributed by atoms with Crippen LogP contribution in [0.4, 0.5) is 0 Å². The van der Waals surface area contributed by atoms with E-state index in [1.165, 1.54) is 0 Å². The minimum absolute atomic E-state index is 0.0419. The molecule has 11 heteroatoms. The van der Waals surface area contributed by atoms with Crippen molar-refractivity contribution in [1.29, 1.82) is 0 Å². The quantitative estimate of drug-likeness (QED) is 0.340. The molecular formula is C24H35N3O7S. The molecule has 2 atom stereocenters. The number of benzene rings is 1. The van der Waals surface area contributed by atoms with Crippen LogP contribution in [0, 0.1) is 5.41 Å². The number of hydrogen-bond donors (Lipinski definition) is 3. The van der Waals surface area contributed by atoms with Gasteiger partial charge in [0.2, 0.25) is 17.7 Å². The van der Waals surface area contributed by atoms with Gasteiger partial charge in [0.15, 0.2) is 11.4 Å².